The fraction of sp³-hybridized carbons (Fsp3) is 0.292. The van der Waals surface area contributed by atoms with E-state index in [0.717, 1.165) is 5.56 Å². The first-order chi connectivity index (χ1) is 14.8. The monoisotopic (exact) mass is 419 g/mol. The Morgan fingerprint density at radius 1 is 1.06 bits per heavy atom. The molecule has 0 amide bonds. The molecular weight excluding hydrogens is 398 g/mol. The van der Waals surface area contributed by atoms with Gasteiger partial charge in [0.1, 0.15) is 23.2 Å². The van der Waals surface area contributed by atoms with Gasteiger partial charge in [-0.1, -0.05) is 32.4 Å². The second-order valence-electron chi connectivity index (χ2n) is 8.36. The number of ether oxygens (including phenoxy) is 1. The van der Waals surface area contributed by atoms with Gasteiger partial charge in [0.2, 0.25) is 12.0 Å². The normalized spacial score (nSPS) is 22.5. The molecule has 158 valence electrons. The molecule has 2 aliphatic heterocycles. The summed E-state index contributed by atoms with van der Waals surface area (Å²) in [5.74, 6) is -2.14. The average molecular weight is 419 g/mol. The van der Waals surface area contributed by atoms with Crippen LogP contribution in [0.3, 0.4) is 0 Å². The molecule has 0 aromatic heterocycles. The Morgan fingerprint density at radius 2 is 1.81 bits per heavy atom. The van der Waals surface area contributed by atoms with Gasteiger partial charge in [-0.15, -0.1) is 0 Å². The van der Waals surface area contributed by atoms with Crippen LogP contribution in [0.25, 0.3) is 5.57 Å². The topological polar surface area (TPSA) is 104 Å². The number of Topliss-reactive ketones (excluding diaryl/α,β-unsaturated/α-hetero) is 2. The summed E-state index contributed by atoms with van der Waals surface area (Å²) in [5, 5.41) is 21.2. The number of nitrogens with zero attached hydrogens (tertiary/aromatic N) is 1. The van der Waals surface area contributed by atoms with Crippen molar-refractivity contribution in [2.45, 2.75) is 39.5 Å². The van der Waals surface area contributed by atoms with Gasteiger partial charge in [-0.2, -0.15) is 0 Å². The lowest BCUT2D eigenvalue weighted by molar-refractivity contribution is -0.143. The van der Waals surface area contributed by atoms with Crippen molar-refractivity contribution in [3.8, 4) is 11.5 Å². The van der Waals surface area contributed by atoms with Gasteiger partial charge in [0.05, 0.1) is 11.1 Å². The average Bonchev–Trinajstić information content (AvgIpc) is 3.07. The number of rotatable bonds is 2. The number of aryl methyl sites for hydroxylation is 1. The molecule has 5 rings (SSSR count). The van der Waals surface area contributed by atoms with Gasteiger partial charge in [0.15, 0.2) is 5.78 Å². The van der Waals surface area contributed by atoms with E-state index in [9.17, 15) is 24.6 Å². The SMILES string of the molecule is CC[C@H](C)C1C(=O)OC2c3cc(C)cc(O)c3C3=C(C(=O)c4c(O)cccc4C3=O)N21. The molecular formula is C24H21NO6. The summed E-state index contributed by atoms with van der Waals surface area (Å²) in [4.78, 5) is 41.7. The molecule has 2 aromatic rings. The van der Waals surface area contributed by atoms with Gasteiger partial charge in [-0.25, -0.2) is 4.79 Å². The highest BCUT2D eigenvalue weighted by Crippen LogP contribution is 2.52. The van der Waals surface area contributed by atoms with Crippen molar-refractivity contribution >= 4 is 23.1 Å². The molecule has 2 N–H and O–H groups in total. The zero-order valence-electron chi connectivity index (χ0n) is 17.3. The van der Waals surface area contributed by atoms with E-state index >= 15 is 0 Å². The van der Waals surface area contributed by atoms with Gasteiger partial charge in [-0.3, -0.25) is 9.59 Å². The molecule has 2 aromatic carbocycles. The van der Waals surface area contributed by atoms with E-state index in [1.54, 1.807) is 17.9 Å². The molecule has 1 saturated heterocycles. The van der Waals surface area contributed by atoms with E-state index in [2.05, 4.69) is 0 Å². The summed E-state index contributed by atoms with van der Waals surface area (Å²) in [6.07, 6.45) is -0.281. The van der Waals surface area contributed by atoms with Gasteiger partial charge < -0.3 is 19.8 Å². The minimum atomic E-state index is -0.935. The van der Waals surface area contributed by atoms with E-state index in [1.165, 1.54) is 24.3 Å². The van der Waals surface area contributed by atoms with E-state index in [-0.39, 0.29) is 45.4 Å². The van der Waals surface area contributed by atoms with E-state index in [0.29, 0.717) is 12.0 Å². The summed E-state index contributed by atoms with van der Waals surface area (Å²) < 4.78 is 5.70. The van der Waals surface area contributed by atoms with Gasteiger partial charge in [-0.05, 0) is 36.6 Å². The first kappa shape index (κ1) is 19.4. The van der Waals surface area contributed by atoms with Crippen molar-refractivity contribution in [2.24, 2.45) is 5.92 Å². The quantitative estimate of drug-likeness (QED) is 0.718. The maximum absolute atomic E-state index is 13.7. The minimum Gasteiger partial charge on any atom is -0.507 e. The molecule has 3 atom stereocenters. The Bertz CT molecular complexity index is 1230. The Morgan fingerprint density at radius 3 is 2.52 bits per heavy atom. The van der Waals surface area contributed by atoms with E-state index in [4.69, 9.17) is 4.74 Å². The third-order valence-corrected chi connectivity index (χ3v) is 6.46. The van der Waals surface area contributed by atoms with Gasteiger partial charge in [0.25, 0.3) is 0 Å². The van der Waals surface area contributed by atoms with Crippen LogP contribution in [0.1, 0.15) is 63.9 Å². The number of carbonyl (C=O) groups is 3. The van der Waals surface area contributed by atoms with Crippen LogP contribution in [-0.4, -0.2) is 38.7 Å². The smallest absolute Gasteiger partial charge is 0.331 e. The predicted molar refractivity (Wildman–Crippen MR) is 110 cm³/mol. The molecule has 3 aliphatic rings. The van der Waals surface area contributed by atoms with Crippen molar-refractivity contribution in [1.82, 2.24) is 4.90 Å². The fourth-order valence-electron chi connectivity index (χ4n) is 4.88. The highest BCUT2D eigenvalue weighted by molar-refractivity contribution is 6.41. The van der Waals surface area contributed by atoms with Crippen molar-refractivity contribution in [3.05, 3.63) is 63.8 Å². The Labute approximate surface area is 178 Å². The number of aromatic hydroxyl groups is 2. The first-order valence-corrected chi connectivity index (χ1v) is 10.2. The molecule has 0 saturated carbocycles. The summed E-state index contributed by atoms with van der Waals surface area (Å²) in [7, 11) is 0. The van der Waals surface area contributed by atoms with Crippen LogP contribution in [-0.2, 0) is 9.53 Å². The zero-order valence-corrected chi connectivity index (χ0v) is 17.3. The first-order valence-electron chi connectivity index (χ1n) is 10.2. The molecule has 7 heteroatoms. The second-order valence-corrected chi connectivity index (χ2v) is 8.36. The summed E-state index contributed by atoms with van der Waals surface area (Å²) in [6, 6.07) is 6.84. The number of hydrogen-bond donors (Lipinski definition) is 2. The number of phenols is 2. The van der Waals surface area contributed by atoms with Crippen LogP contribution in [0.15, 0.2) is 36.0 Å². The molecule has 2 unspecified atom stereocenters. The second kappa shape index (κ2) is 6.44. The summed E-state index contributed by atoms with van der Waals surface area (Å²) in [5.41, 5.74) is 1.41. The number of allylic oxidation sites excluding steroid dienone is 2. The Hall–Kier alpha value is -3.61. The molecule has 0 bridgehead atoms. The maximum atomic E-state index is 13.7. The van der Waals surface area contributed by atoms with Gasteiger partial charge >= 0.3 is 5.97 Å². The van der Waals surface area contributed by atoms with Crippen LogP contribution < -0.4 is 0 Å². The standard InChI is InChI=1S/C24H21NO6/c1-4-11(3)19-24(30)31-23-13-8-10(2)9-15(27)16(13)18-20(25(19)23)22(29)17-12(21(18)28)6-5-7-14(17)26/h5-9,11,19,23,26-27H,4H2,1-3H3/t11-,19?,23?/m0/s1. The number of fused-ring (bicyclic) bond motifs is 6. The Kier molecular flexibility index (Phi) is 4.02. The number of hydrogen-bond acceptors (Lipinski definition) is 7. The fourth-order valence-corrected chi connectivity index (χ4v) is 4.88. The number of carbonyl (C=O) groups excluding carboxylic acids is 3. The highest BCUT2D eigenvalue weighted by atomic mass is 16.6. The number of ketones is 2. The van der Waals surface area contributed by atoms with Crippen LogP contribution in [0.2, 0.25) is 0 Å². The van der Waals surface area contributed by atoms with Crippen molar-refractivity contribution in [2.75, 3.05) is 0 Å². The number of esters is 1. The third-order valence-electron chi connectivity index (χ3n) is 6.46. The number of phenolic OH excluding ortho intramolecular Hbond substituents is 2. The van der Waals surface area contributed by atoms with Crippen molar-refractivity contribution in [1.29, 1.82) is 0 Å². The lowest BCUT2D eigenvalue weighted by atomic mass is 9.77. The molecule has 31 heavy (non-hydrogen) atoms. The van der Waals surface area contributed by atoms with Crippen LogP contribution in [0.4, 0.5) is 0 Å². The van der Waals surface area contributed by atoms with Crippen LogP contribution in [0.5, 0.6) is 11.5 Å². The minimum absolute atomic E-state index is 0.00759. The highest BCUT2D eigenvalue weighted by Gasteiger charge is 2.54. The Balaban J connectivity index is 1.87. The zero-order chi connectivity index (χ0) is 22.2. The molecule has 1 aliphatic carbocycles. The molecule has 2 heterocycles. The van der Waals surface area contributed by atoms with E-state index < -0.39 is 29.8 Å². The summed E-state index contributed by atoms with van der Waals surface area (Å²) >= 11 is 0. The maximum Gasteiger partial charge on any atom is 0.331 e. The van der Waals surface area contributed by atoms with Gasteiger partial charge in [0, 0.05) is 16.7 Å². The predicted octanol–water partition coefficient (Wildman–Crippen LogP) is 3.48. The molecule has 0 radical (unpaired) electrons. The number of benzene rings is 2. The van der Waals surface area contributed by atoms with Crippen molar-refractivity contribution in [3.63, 3.8) is 0 Å². The summed E-state index contributed by atoms with van der Waals surface area (Å²) in [6.45, 7) is 5.61. The molecule has 7 nitrogen and oxygen atoms in total. The molecule has 1 fully saturated rings. The third kappa shape index (κ3) is 2.43. The largest absolute Gasteiger partial charge is 0.507 e. The van der Waals surface area contributed by atoms with Crippen molar-refractivity contribution < 1.29 is 29.3 Å². The molecule has 0 spiro atoms. The lowest BCUT2D eigenvalue weighted by Gasteiger charge is -2.39. The van der Waals surface area contributed by atoms with E-state index in [1.807, 2.05) is 13.8 Å². The lowest BCUT2D eigenvalue weighted by Crippen LogP contribution is -2.45. The van der Waals surface area contributed by atoms with Crippen LogP contribution in [0, 0.1) is 12.8 Å². The van der Waals surface area contributed by atoms with Crippen LogP contribution >= 0.6 is 0 Å².